The molecule has 0 aliphatic carbocycles. The first kappa shape index (κ1) is 18.8. The summed E-state index contributed by atoms with van der Waals surface area (Å²) in [4.78, 5) is 10.3. The first-order valence-corrected chi connectivity index (χ1v) is 8.75. The highest BCUT2D eigenvalue weighted by atomic mass is 16.6. The van der Waals surface area contributed by atoms with Gasteiger partial charge in [-0.2, -0.15) is 5.10 Å². The minimum absolute atomic E-state index is 0.0442. The quantitative estimate of drug-likeness (QED) is 0.326. The lowest BCUT2D eigenvalue weighted by molar-refractivity contribution is -0.384. The van der Waals surface area contributed by atoms with Gasteiger partial charge in [0.05, 0.1) is 16.3 Å². The normalized spacial score (nSPS) is 10.9. The van der Waals surface area contributed by atoms with Crippen LogP contribution in [-0.2, 0) is 0 Å². The van der Waals surface area contributed by atoms with Gasteiger partial charge in [0.2, 0.25) is 0 Å². The minimum Gasteiger partial charge on any atom is -0.278 e. The molecule has 0 aromatic heterocycles. The third-order valence-electron chi connectivity index (χ3n) is 3.88. The molecule has 0 amide bonds. The van der Waals surface area contributed by atoms with Crippen LogP contribution in [0.25, 0.3) is 12.2 Å². The number of nitrogens with one attached hydrogen (secondary N) is 1. The molecule has 0 atom stereocenters. The standard InChI is InChI=1S/C23H19N3O2/c27-26(28)23-17-15-22(16-18-23)25-24-21(13-11-19-7-3-1-4-8-19)14-12-20-9-5-2-6-10-20/h1-18,25H. The number of nitrogens with zero attached hydrogens (tertiary/aromatic N) is 2. The summed E-state index contributed by atoms with van der Waals surface area (Å²) in [6, 6.07) is 26.0. The maximum Gasteiger partial charge on any atom is 0.269 e. The number of benzene rings is 3. The Balaban J connectivity index is 1.80. The Morgan fingerprint density at radius 1 is 0.786 bits per heavy atom. The monoisotopic (exact) mass is 369 g/mol. The maximum atomic E-state index is 10.8. The molecule has 0 aliphatic heterocycles. The molecule has 3 aromatic carbocycles. The van der Waals surface area contributed by atoms with E-state index in [0.717, 1.165) is 11.1 Å². The molecule has 0 fully saturated rings. The Kier molecular flexibility index (Phi) is 6.47. The summed E-state index contributed by atoms with van der Waals surface area (Å²) >= 11 is 0. The molecule has 0 bridgehead atoms. The van der Waals surface area contributed by atoms with Crippen molar-refractivity contribution in [2.45, 2.75) is 0 Å². The van der Waals surface area contributed by atoms with Gasteiger partial charge >= 0.3 is 0 Å². The number of hydrogen-bond donors (Lipinski definition) is 1. The smallest absolute Gasteiger partial charge is 0.269 e. The molecule has 1 N–H and O–H groups in total. The van der Waals surface area contributed by atoms with E-state index >= 15 is 0 Å². The van der Waals surface area contributed by atoms with Crippen LogP contribution in [0.4, 0.5) is 11.4 Å². The Morgan fingerprint density at radius 3 is 1.75 bits per heavy atom. The largest absolute Gasteiger partial charge is 0.278 e. The lowest BCUT2D eigenvalue weighted by Crippen LogP contribution is -1.96. The van der Waals surface area contributed by atoms with Crippen LogP contribution in [0, 0.1) is 10.1 Å². The third-order valence-corrected chi connectivity index (χ3v) is 3.88. The van der Waals surface area contributed by atoms with Gasteiger partial charge in [-0.3, -0.25) is 15.5 Å². The maximum absolute atomic E-state index is 10.8. The lowest BCUT2D eigenvalue weighted by Gasteiger charge is -2.02. The molecule has 0 unspecified atom stereocenters. The van der Waals surface area contributed by atoms with E-state index < -0.39 is 4.92 Å². The molecular formula is C23H19N3O2. The molecule has 28 heavy (non-hydrogen) atoms. The molecule has 3 aromatic rings. The molecule has 0 heterocycles. The van der Waals surface area contributed by atoms with Gasteiger partial charge in [0.1, 0.15) is 0 Å². The summed E-state index contributed by atoms with van der Waals surface area (Å²) < 4.78 is 0. The first-order chi connectivity index (χ1) is 13.7. The molecule has 138 valence electrons. The highest BCUT2D eigenvalue weighted by Gasteiger charge is 2.03. The topological polar surface area (TPSA) is 67.5 Å². The van der Waals surface area contributed by atoms with Crippen molar-refractivity contribution < 1.29 is 4.92 Å². The number of allylic oxidation sites excluding steroid dienone is 2. The van der Waals surface area contributed by atoms with Crippen molar-refractivity contribution in [1.82, 2.24) is 0 Å². The molecule has 5 nitrogen and oxygen atoms in total. The fraction of sp³-hybridized carbons (Fsp3) is 0. The van der Waals surface area contributed by atoms with E-state index in [9.17, 15) is 10.1 Å². The van der Waals surface area contributed by atoms with Crippen molar-refractivity contribution >= 4 is 29.2 Å². The number of nitro groups is 1. The summed E-state index contributed by atoms with van der Waals surface area (Å²) in [6.45, 7) is 0. The summed E-state index contributed by atoms with van der Waals surface area (Å²) in [5.41, 5.74) is 6.51. The van der Waals surface area contributed by atoms with Crippen molar-refractivity contribution in [2.75, 3.05) is 5.43 Å². The van der Waals surface area contributed by atoms with Crippen LogP contribution >= 0.6 is 0 Å². The molecule has 0 aliphatic rings. The average Bonchev–Trinajstić information content (AvgIpc) is 2.75. The zero-order valence-corrected chi connectivity index (χ0v) is 15.1. The van der Waals surface area contributed by atoms with E-state index in [4.69, 9.17) is 0 Å². The number of rotatable bonds is 7. The average molecular weight is 369 g/mol. The van der Waals surface area contributed by atoms with Crippen molar-refractivity contribution in [2.24, 2.45) is 5.10 Å². The van der Waals surface area contributed by atoms with Gasteiger partial charge in [-0.1, -0.05) is 72.8 Å². The van der Waals surface area contributed by atoms with E-state index in [1.807, 2.05) is 85.0 Å². The highest BCUT2D eigenvalue weighted by Crippen LogP contribution is 2.15. The SMILES string of the molecule is O=[N+]([O-])c1ccc(NN=C(C=Cc2ccccc2)C=Cc2ccccc2)cc1. The van der Waals surface area contributed by atoms with Crippen LogP contribution in [0.1, 0.15) is 11.1 Å². The molecular weight excluding hydrogens is 350 g/mol. The Bertz CT molecular complexity index is 942. The van der Waals surface area contributed by atoms with Crippen LogP contribution in [0.5, 0.6) is 0 Å². The second-order valence-corrected chi connectivity index (χ2v) is 5.94. The van der Waals surface area contributed by atoms with Gasteiger partial charge in [-0.05, 0) is 35.4 Å². The number of non-ortho nitro benzene ring substituents is 1. The predicted molar refractivity (Wildman–Crippen MR) is 115 cm³/mol. The van der Waals surface area contributed by atoms with Gasteiger partial charge < -0.3 is 0 Å². The first-order valence-electron chi connectivity index (χ1n) is 8.75. The van der Waals surface area contributed by atoms with Crippen LogP contribution < -0.4 is 5.43 Å². The van der Waals surface area contributed by atoms with Crippen LogP contribution in [-0.4, -0.2) is 10.6 Å². The number of nitro benzene ring substituents is 1. The fourth-order valence-corrected chi connectivity index (χ4v) is 2.41. The van der Waals surface area contributed by atoms with E-state index in [0.29, 0.717) is 11.4 Å². The zero-order valence-electron chi connectivity index (χ0n) is 15.1. The third kappa shape index (κ3) is 5.78. The van der Waals surface area contributed by atoms with E-state index in [2.05, 4.69) is 10.5 Å². The van der Waals surface area contributed by atoms with E-state index in [1.165, 1.54) is 12.1 Å². The fourth-order valence-electron chi connectivity index (χ4n) is 2.41. The number of hydrogen-bond acceptors (Lipinski definition) is 4. The number of anilines is 1. The summed E-state index contributed by atoms with van der Waals surface area (Å²) in [7, 11) is 0. The van der Waals surface area contributed by atoms with Gasteiger partial charge in [-0.25, -0.2) is 0 Å². The number of hydrazone groups is 1. The van der Waals surface area contributed by atoms with Gasteiger partial charge in [0.25, 0.3) is 5.69 Å². The lowest BCUT2D eigenvalue weighted by atomic mass is 10.1. The summed E-state index contributed by atoms with van der Waals surface area (Å²) in [5, 5.41) is 15.2. The Morgan fingerprint density at radius 2 is 1.29 bits per heavy atom. The molecule has 0 spiro atoms. The molecule has 0 saturated heterocycles. The van der Waals surface area contributed by atoms with Crippen molar-refractivity contribution in [3.63, 3.8) is 0 Å². The molecule has 0 radical (unpaired) electrons. The zero-order chi connectivity index (χ0) is 19.6. The van der Waals surface area contributed by atoms with Crippen LogP contribution in [0.3, 0.4) is 0 Å². The van der Waals surface area contributed by atoms with E-state index in [1.54, 1.807) is 12.1 Å². The minimum atomic E-state index is -0.427. The van der Waals surface area contributed by atoms with Crippen molar-refractivity contribution in [3.05, 3.63) is 118 Å². The highest BCUT2D eigenvalue weighted by molar-refractivity contribution is 6.08. The Labute approximate surface area is 163 Å². The Hall–Kier alpha value is -3.99. The van der Waals surface area contributed by atoms with Crippen molar-refractivity contribution in [3.8, 4) is 0 Å². The van der Waals surface area contributed by atoms with Crippen LogP contribution in [0.2, 0.25) is 0 Å². The van der Waals surface area contributed by atoms with E-state index in [-0.39, 0.29) is 5.69 Å². The molecule has 3 rings (SSSR count). The molecule has 5 heteroatoms. The van der Waals surface area contributed by atoms with Gasteiger partial charge in [-0.15, -0.1) is 0 Å². The summed E-state index contributed by atoms with van der Waals surface area (Å²) in [5.74, 6) is 0. The predicted octanol–water partition coefficient (Wildman–Crippen LogP) is 5.79. The van der Waals surface area contributed by atoms with Gasteiger partial charge in [0.15, 0.2) is 0 Å². The van der Waals surface area contributed by atoms with Crippen molar-refractivity contribution in [1.29, 1.82) is 0 Å². The second-order valence-electron chi connectivity index (χ2n) is 5.94. The second kappa shape index (κ2) is 9.64. The summed E-state index contributed by atoms with van der Waals surface area (Å²) in [6.07, 6.45) is 7.78. The molecule has 0 saturated carbocycles. The van der Waals surface area contributed by atoms with Gasteiger partial charge in [0, 0.05) is 12.1 Å². The van der Waals surface area contributed by atoms with Crippen LogP contribution in [0.15, 0.2) is 102 Å².